The summed E-state index contributed by atoms with van der Waals surface area (Å²) in [7, 11) is -3.08. The molecule has 5 nitrogen and oxygen atoms in total. The number of hydrogen-bond acceptors (Lipinski definition) is 5. The second-order valence-electron chi connectivity index (χ2n) is 4.56. The van der Waals surface area contributed by atoms with Crippen molar-refractivity contribution >= 4 is 21.5 Å². The van der Waals surface area contributed by atoms with Crippen molar-refractivity contribution in [1.29, 1.82) is 0 Å². The molecule has 1 aromatic heterocycles. The zero-order valence-corrected chi connectivity index (χ0v) is 12.6. The van der Waals surface area contributed by atoms with Crippen LogP contribution in [0, 0.1) is 0 Å². The van der Waals surface area contributed by atoms with Gasteiger partial charge in [-0.25, -0.2) is 13.4 Å². The first-order valence-corrected chi connectivity index (χ1v) is 8.42. The Morgan fingerprint density at radius 2 is 1.76 bits per heavy atom. The zero-order chi connectivity index (χ0) is 16.1. The predicted molar refractivity (Wildman–Crippen MR) is 76.2 cm³/mol. The molecule has 0 fully saturated rings. The molecule has 1 rings (SSSR count). The van der Waals surface area contributed by atoms with E-state index in [-0.39, 0.29) is 23.9 Å². The van der Waals surface area contributed by atoms with Crippen LogP contribution < -0.4 is 10.6 Å². The highest BCUT2D eigenvalue weighted by atomic mass is 32.2. The molecule has 1 heterocycles. The molecule has 0 amide bonds. The molecule has 0 unspecified atom stereocenters. The molecule has 0 atom stereocenters. The lowest BCUT2D eigenvalue weighted by atomic mass is 10.2. The highest BCUT2D eigenvalue weighted by Crippen LogP contribution is 2.32. The van der Waals surface area contributed by atoms with Gasteiger partial charge in [0.15, 0.2) is 0 Å². The standard InChI is InChI=1S/C12H18F3N3O2S/c1-3-16-10-7-9(12(13,14)15)8-11(18-10)17-5-4-6-21(2,19)20/h7-8H,3-6H2,1-2H3,(H2,16,17,18). The van der Waals surface area contributed by atoms with Gasteiger partial charge in [-0.1, -0.05) is 0 Å². The fraction of sp³-hybridized carbons (Fsp3) is 0.583. The molecule has 0 spiro atoms. The summed E-state index contributed by atoms with van der Waals surface area (Å²) in [6, 6.07) is 1.84. The molecule has 0 aliphatic rings. The number of pyridine rings is 1. The zero-order valence-electron chi connectivity index (χ0n) is 11.8. The Labute approximate surface area is 121 Å². The summed E-state index contributed by atoms with van der Waals surface area (Å²) in [6.07, 6.45) is -3.05. The second-order valence-corrected chi connectivity index (χ2v) is 6.82. The van der Waals surface area contributed by atoms with E-state index >= 15 is 0 Å². The number of aromatic nitrogens is 1. The molecule has 0 radical (unpaired) electrons. The normalized spacial score (nSPS) is 12.2. The number of anilines is 2. The molecular formula is C12H18F3N3O2S. The molecule has 1 aromatic rings. The first kappa shape index (κ1) is 17.5. The molecule has 0 aromatic carbocycles. The van der Waals surface area contributed by atoms with E-state index in [1.54, 1.807) is 6.92 Å². The smallest absolute Gasteiger partial charge is 0.370 e. The highest BCUT2D eigenvalue weighted by molar-refractivity contribution is 7.90. The largest absolute Gasteiger partial charge is 0.416 e. The van der Waals surface area contributed by atoms with E-state index in [0.29, 0.717) is 13.0 Å². The third kappa shape index (κ3) is 6.65. The van der Waals surface area contributed by atoms with Crippen molar-refractivity contribution in [3.05, 3.63) is 17.7 Å². The van der Waals surface area contributed by atoms with Crippen molar-refractivity contribution in [2.75, 3.05) is 35.7 Å². The van der Waals surface area contributed by atoms with Crippen molar-refractivity contribution in [1.82, 2.24) is 4.98 Å². The first-order valence-electron chi connectivity index (χ1n) is 6.36. The van der Waals surface area contributed by atoms with Gasteiger partial charge in [0.2, 0.25) is 0 Å². The number of nitrogens with zero attached hydrogens (tertiary/aromatic N) is 1. The van der Waals surface area contributed by atoms with Crippen molar-refractivity contribution in [2.24, 2.45) is 0 Å². The minimum atomic E-state index is -4.46. The van der Waals surface area contributed by atoms with Crippen molar-refractivity contribution in [3.8, 4) is 0 Å². The molecule has 0 saturated heterocycles. The van der Waals surface area contributed by atoms with Crippen LogP contribution in [0.5, 0.6) is 0 Å². The van der Waals surface area contributed by atoms with Gasteiger partial charge in [0, 0.05) is 19.3 Å². The van der Waals surface area contributed by atoms with Gasteiger partial charge in [0.25, 0.3) is 0 Å². The highest BCUT2D eigenvalue weighted by Gasteiger charge is 2.31. The number of halogens is 3. The van der Waals surface area contributed by atoms with E-state index in [1.165, 1.54) is 0 Å². The first-order chi connectivity index (χ1) is 9.62. The van der Waals surface area contributed by atoms with Crippen LogP contribution in [0.15, 0.2) is 12.1 Å². The number of nitrogens with one attached hydrogen (secondary N) is 2. The van der Waals surface area contributed by atoms with Gasteiger partial charge < -0.3 is 10.6 Å². The van der Waals surface area contributed by atoms with Crippen LogP contribution in [0.4, 0.5) is 24.8 Å². The molecular weight excluding hydrogens is 307 g/mol. The van der Waals surface area contributed by atoms with Crippen LogP contribution in [-0.2, 0) is 16.0 Å². The van der Waals surface area contributed by atoms with E-state index in [0.717, 1.165) is 18.4 Å². The lowest BCUT2D eigenvalue weighted by Gasteiger charge is -2.13. The third-order valence-corrected chi connectivity index (χ3v) is 3.54. The minimum Gasteiger partial charge on any atom is -0.370 e. The Morgan fingerprint density at radius 3 is 2.24 bits per heavy atom. The summed E-state index contributed by atoms with van der Waals surface area (Å²) >= 11 is 0. The van der Waals surface area contributed by atoms with Crippen LogP contribution >= 0.6 is 0 Å². The SMILES string of the molecule is CCNc1cc(C(F)(F)F)cc(NCCCS(C)(=O)=O)n1. The van der Waals surface area contributed by atoms with E-state index < -0.39 is 21.6 Å². The summed E-state index contributed by atoms with van der Waals surface area (Å²) in [5.41, 5.74) is -0.806. The summed E-state index contributed by atoms with van der Waals surface area (Å²) in [6.45, 7) is 2.43. The topological polar surface area (TPSA) is 71.1 Å². The Hall–Kier alpha value is -1.51. The summed E-state index contributed by atoms with van der Waals surface area (Å²) < 4.78 is 60.2. The fourth-order valence-corrected chi connectivity index (χ4v) is 2.28. The minimum absolute atomic E-state index is 0.0287. The Balaban J connectivity index is 2.78. The van der Waals surface area contributed by atoms with Crippen LogP contribution in [0.3, 0.4) is 0 Å². The van der Waals surface area contributed by atoms with E-state index in [4.69, 9.17) is 0 Å². The lowest BCUT2D eigenvalue weighted by Crippen LogP contribution is -2.13. The average molecular weight is 325 g/mol. The quantitative estimate of drug-likeness (QED) is 0.753. The van der Waals surface area contributed by atoms with Gasteiger partial charge in [-0.3, -0.25) is 0 Å². The molecule has 21 heavy (non-hydrogen) atoms. The Kier molecular flexibility index (Phi) is 5.82. The van der Waals surface area contributed by atoms with Crippen LogP contribution in [0.25, 0.3) is 0 Å². The van der Waals surface area contributed by atoms with Gasteiger partial charge in [-0.2, -0.15) is 13.2 Å². The number of hydrogen-bond donors (Lipinski definition) is 2. The molecule has 120 valence electrons. The van der Waals surface area contributed by atoms with Crippen molar-refractivity contribution in [3.63, 3.8) is 0 Å². The van der Waals surface area contributed by atoms with Crippen LogP contribution in [0.2, 0.25) is 0 Å². The molecule has 0 bridgehead atoms. The summed E-state index contributed by atoms with van der Waals surface area (Å²) in [5.74, 6) is 0.158. The van der Waals surface area contributed by atoms with Gasteiger partial charge in [0.1, 0.15) is 21.5 Å². The van der Waals surface area contributed by atoms with Gasteiger partial charge in [-0.15, -0.1) is 0 Å². The lowest BCUT2D eigenvalue weighted by molar-refractivity contribution is -0.137. The van der Waals surface area contributed by atoms with Gasteiger partial charge in [0.05, 0.1) is 11.3 Å². The summed E-state index contributed by atoms with van der Waals surface area (Å²) in [5, 5.41) is 5.44. The molecule has 0 aliphatic carbocycles. The number of sulfone groups is 1. The van der Waals surface area contributed by atoms with Crippen LogP contribution in [0.1, 0.15) is 18.9 Å². The molecule has 0 aliphatic heterocycles. The molecule has 0 saturated carbocycles. The van der Waals surface area contributed by atoms with Gasteiger partial charge >= 0.3 is 6.18 Å². The van der Waals surface area contributed by atoms with E-state index in [2.05, 4.69) is 15.6 Å². The monoisotopic (exact) mass is 325 g/mol. The molecule has 2 N–H and O–H groups in total. The number of alkyl halides is 3. The average Bonchev–Trinajstić information content (AvgIpc) is 2.33. The Bertz CT molecular complexity index is 574. The maximum absolute atomic E-state index is 12.8. The van der Waals surface area contributed by atoms with Gasteiger partial charge in [-0.05, 0) is 25.5 Å². The van der Waals surface area contributed by atoms with Crippen molar-refractivity contribution in [2.45, 2.75) is 19.5 Å². The number of rotatable bonds is 7. The van der Waals surface area contributed by atoms with E-state index in [1.807, 2.05) is 0 Å². The Morgan fingerprint density at radius 1 is 1.19 bits per heavy atom. The molecule has 9 heteroatoms. The predicted octanol–water partition coefficient (Wildman–Crippen LogP) is 2.38. The van der Waals surface area contributed by atoms with Crippen LogP contribution in [-0.4, -0.2) is 38.5 Å². The fourth-order valence-electron chi connectivity index (χ4n) is 1.61. The maximum Gasteiger partial charge on any atom is 0.416 e. The maximum atomic E-state index is 12.8. The second kappa shape index (κ2) is 6.97. The third-order valence-electron chi connectivity index (χ3n) is 2.51. The summed E-state index contributed by atoms with van der Waals surface area (Å²) in [4.78, 5) is 4.00. The van der Waals surface area contributed by atoms with E-state index in [9.17, 15) is 21.6 Å². The van der Waals surface area contributed by atoms with Crippen molar-refractivity contribution < 1.29 is 21.6 Å².